The number of hydrogen-bond donors (Lipinski definition) is 1. The summed E-state index contributed by atoms with van der Waals surface area (Å²) in [6.07, 6.45) is -1.42. The number of halogens is 3. The van der Waals surface area contributed by atoms with Crippen molar-refractivity contribution in [3.63, 3.8) is 0 Å². The van der Waals surface area contributed by atoms with Gasteiger partial charge in [0, 0.05) is 30.6 Å². The molecule has 6 nitrogen and oxygen atoms in total. The van der Waals surface area contributed by atoms with Gasteiger partial charge in [-0.15, -0.1) is 13.2 Å². The van der Waals surface area contributed by atoms with Crippen LogP contribution in [0.5, 0.6) is 5.75 Å². The van der Waals surface area contributed by atoms with Crippen LogP contribution in [0.3, 0.4) is 0 Å². The van der Waals surface area contributed by atoms with Gasteiger partial charge in [-0.1, -0.05) is 0 Å². The minimum Gasteiger partial charge on any atom is -0.406 e. The van der Waals surface area contributed by atoms with Gasteiger partial charge in [0.05, 0.1) is 17.9 Å². The first-order valence-electron chi connectivity index (χ1n) is 7.89. The van der Waals surface area contributed by atoms with Crippen LogP contribution in [0.2, 0.25) is 0 Å². The monoisotopic (exact) mass is 376 g/mol. The van der Waals surface area contributed by atoms with Crippen molar-refractivity contribution in [2.75, 3.05) is 0 Å². The second-order valence-corrected chi connectivity index (χ2v) is 5.64. The SMILES string of the molecule is Cn1nc(CNC(=O)c2ccc(OC(F)(F)F)cc2)cc1-c1ccncc1. The molecule has 0 radical (unpaired) electrons. The maximum Gasteiger partial charge on any atom is 0.573 e. The van der Waals surface area contributed by atoms with E-state index in [2.05, 4.69) is 20.1 Å². The summed E-state index contributed by atoms with van der Waals surface area (Å²) in [4.78, 5) is 16.1. The van der Waals surface area contributed by atoms with Crippen LogP contribution in [0.4, 0.5) is 13.2 Å². The third kappa shape index (κ3) is 4.84. The molecular weight excluding hydrogens is 361 g/mol. The Balaban J connectivity index is 1.63. The molecule has 2 heterocycles. The van der Waals surface area contributed by atoms with Crippen molar-refractivity contribution >= 4 is 5.91 Å². The van der Waals surface area contributed by atoms with Gasteiger partial charge in [-0.25, -0.2) is 0 Å². The molecule has 0 saturated heterocycles. The first-order valence-corrected chi connectivity index (χ1v) is 7.89. The second-order valence-electron chi connectivity index (χ2n) is 5.64. The van der Waals surface area contributed by atoms with Crippen LogP contribution in [0.25, 0.3) is 11.3 Å². The maximum atomic E-state index is 12.2. The number of rotatable bonds is 5. The molecule has 0 aliphatic carbocycles. The number of aromatic nitrogens is 3. The number of benzene rings is 1. The molecule has 0 spiro atoms. The lowest BCUT2D eigenvalue weighted by molar-refractivity contribution is -0.274. The number of pyridine rings is 1. The lowest BCUT2D eigenvalue weighted by Crippen LogP contribution is -2.23. The molecule has 9 heteroatoms. The van der Waals surface area contributed by atoms with Crippen LogP contribution in [-0.2, 0) is 13.6 Å². The third-order valence-electron chi connectivity index (χ3n) is 3.69. The van der Waals surface area contributed by atoms with Crippen LogP contribution in [0.15, 0.2) is 54.9 Å². The molecule has 0 fully saturated rings. The van der Waals surface area contributed by atoms with E-state index in [9.17, 15) is 18.0 Å². The summed E-state index contributed by atoms with van der Waals surface area (Å²) in [5.74, 6) is -0.810. The Morgan fingerprint density at radius 3 is 2.44 bits per heavy atom. The molecule has 0 aliphatic rings. The van der Waals surface area contributed by atoms with Crippen LogP contribution >= 0.6 is 0 Å². The highest BCUT2D eigenvalue weighted by molar-refractivity contribution is 5.94. The largest absolute Gasteiger partial charge is 0.573 e. The predicted octanol–water partition coefficient (Wildman–Crippen LogP) is 3.31. The first-order chi connectivity index (χ1) is 12.8. The number of nitrogens with zero attached hydrogens (tertiary/aromatic N) is 3. The van der Waals surface area contributed by atoms with E-state index in [1.807, 2.05) is 18.2 Å². The summed E-state index contributed by atoms with van der Waals surface area (Å²) >= 11 is 0. The fourth-order valence-electron chi connectivity index (χ4n) is 2.49. The first kappa shape index (κ1) is 18.4. The zero-order valence-corrected chi connectivity index (χ0v) is 14.2. The van der Waals surface area contributed by atoms with Crippen LogP contribution in [0, 0.1) is 0 Å². The smallest absolute Gasteiger partial charge is 0.406 e. The number of carbonyl (C=O) groups excluding carboxylic acids is 1. The quantitative estimate of drug-likeness (QED) is 0.742. The molecule has 1 amide bonds. The summed E-state index contributed by atoms with van der Waals surface area (Å²) in [5.41, 5.74) is 2.68. The van der Waals surface area contributed by atoms with Crippen molar-refractivity contribution in [3.8, 4) is 17.0 Å². The summed E-state index contributed by atoms with van der Waals surface area (Å²) in [6, 6.07) is 10.2. The number of ether oxygens (including phenoxy) is 1. The summed E-state index contributed by atoms with van der Waals surface area (Å²) < 4.78 is 41.9. The summed E-state index contributed by atoms with van der Waals surface area (Å²) in [5, 5.41) is 7.03. The number of alkyl halides is 3. The topological polar surface area (TPSA) is 69.0 Å². The van der Waals surface area contributed by atoms with Crippen molar-refractivity contribution in [2.24, 2.45) is 7.05 Å². The highest BCUT2D eigenvalue weighted by atomic mass is 19.4. The fraction of sp³-hybridized carbons (Fsp3) is 0.167. The summed E-state index contributed by atoms with van der Waals surface area (Å²) in [6.45, 7) is 0.179. The van der Waals surface area contributed by atoms with E-state index in [0.717, 1.165) is 23.4 Å². The van der Waals surface area contributed by atoms with E-state index < -0.39 is 12.3 Å². The Kier molecular flexibility index (Phi) is 5.11. The molecule has 2 aromatic heterocycles. The van der Waals surface area contributed by atoms with E-state index in [1.165, 1.54) is 12.1 Å². The van der Waals surface area contributed by atoms with Crippen molar-refractivity contribution in [1.82, 2.24) is 20.1 Å². The van der Waals surface area contributed by atoms with E-state index in [4.69, 9.17) is 0 Å². The lowest BCUT2D eigenvalue weighted by atomic mass is 10.2. The van der Waals surface area contributed by atoms with Crippen molar-refractivity contribution < 1.29 is 22.7 Å². The zero-order valence-electron chi connectivity index (χ0n) is 14.2. The Hall–Kier alpha value is -3.36. The zero-order chi connectivity index (χ0) is 19.4. The normalized spacial score (nSPS) is 11.3. The van der Waals surface area contributed by atoms with Crippen molar-refractivity contribution in [1.29, 1.82) is 0 Å². The lowest BCUT2D eigenvalue weighted by Gasteiger charge is -2.09. The van der Waals surface area contributed by atoms with Gasteiger partial charge in [0.1, 0.15) is 5.75 Å². The summed E-state index contributed by atoms with van der Waals surface area (Å²) in [7, 11) is 1.79. The Morgan fingerprint density at radius 1 is 1.15 bits per heavy atom. The van der Waals surface area contributed by atoms with E-state index in [-0.39, 0.29) is 17.9 Å². The van der Waals surface area contributed by atoms with Gasteiger partial charge in [0.2, 0.25) is 0 Å². The molecule has 0 aliphatic heterocycles. The van der Waals surface area contributed by atoms with Gasteiger partial charge in [0.15, 0.2) is 0 Å². The standard InChI is InChI=1S/C18H15F3N4O2/c1-25-16(12-6-8-22-9-7-12)10-14(24-25)11-23-17(26)13-2-4-15(5-3-13)27-18(19,20)21/h2-10H,11H2,1H3,(H,23,26). The second kappa shape index (κ2) is 7.48. The van der Waals surface area contributed by atoms with Gasteiger partial charge in [-0.3, -0.25) is 14.5 Å². The average Bonchev–Trinajstić information content (AvgIpc) is 3.00. The average molecular weight is 376 g/mol. The molecule has 3 rings (SSSR count). The van der Waals surface area contributed by atoms with E-state index in [0.29, 0.717) is 5.69 Å². The van der Waals surface area contributed by atoms with Gasteiger partial charge in [-0.2, -0.15) is 5.10 Å². The Bertz CT molecular complexity index is 922. The highest BCUT2D eigenvalue weighted by Crippen LogP contribution is 2.23. The molecule has 27 heavy (non-hydrogen) atoms. The molecule has 0 saturated carbocycles. The number of amides is 1. The Morgan fingerprint density at radius 2 is 1.81 bits per heavy atom. The number of nitrogens with one attached hydrogen (secondary N) is 1. The van der Waals surface area contributed by atoms with Crippen molar-refractivity contribution in [2.45, 2.75) is 12.9 Å². The van der Waals surface area contributed by atoms with Crippen LogP contribution < -0.4 is 10.1 Å². The van der Waals surface area contributed by atoms with Crippen molar-refractivity contribution in [3.05, 3.63) is 66.1 Å². The highest BCUT2D eigenvalue weighted by Gasteiger charge is 2.31. The van der Waals surface area contributed by atoms with Gasteiger partial charge in [0.25, 0.3) is 5.91 Å². The third-order valence-corrected chi connectivity index (χ3v) is 3.69. The van der Waals surface area contributed by atoms with Crippen LogP contribution in [-0.4, -0.2) is 27.0 Å². The van der Waals surface area contributed by atoms with E-state index >= 15 is 0 Å². The minimum atomic E-state index is -4.77. The molecule has 1 aromatic carbocycles. The van der Waals surface area contributed by atoms with Gasteiger partial charge >= 0.3 is 6.36 Å². The van der Waals surface area contributed by atoms with Gasteiger partial charge < -0.3 is 10.1 Å². The Labute approximate surface area is 152 Å². The van der Waals surface area contributed by atoms with E-state index in [1.54, 1.807) is 24.1 Å². The minimum absolute atomic E-state index is 0.179. The fourth-order valence-corrected chi connectivity index (χ4v) is 2.49. The van der Waals surface area contributed by atoms with Crippen LogP contribution in [0.1, 0.15) is 16.1 Å². The molecule has 1 N–H and O–H groups in total. The van der Waals surface area contributed by atoms with Gasteiger partial charge in [-0.05, 0) is 42.5 Å². The molecule has 140 valence electrons. The molecule has 0 bridgehead atoms. The molecule has 0 unspecified atom stereocenters. The number of aryl methyl sites for hydroxylation is 1. The molecule has 0 atom stereocenters. The maximum absolute atomic E-state index is 12.2. The molecular formula is C18H15F3N4O2. The number of hydrogen-bond acceptors (Lipinski definition) is 4. The number of carbonyl (C=O) groups is 1. The predicted molar refractivity (Wildman–Crippen MR) is 90.7 cm³/mol. The molecule has 3 aromatic rings.